The molecule has 11 heteroatoms. The highest BCUT2D eigenvalue weighted by Crippen LogP contribution is 2.21. The van der Waals surface area contributed by atoms with Crippen molar-refractivity contribution in [1.82, 2.24) is 9.21 Å². The summed E-state index contributed by atoms with van der Waals surface area (Å²) in [5.74, 6) is -0.240. The van der Waals surface area contributed by atoms with Crippen LogP contribution in [0.15, 0.2) is 47.4 Å². The first-order valence-corrected chi connectivity index (χ1v) is 13.8. The van der Waals surface area contributed by atoms with Crippen molar-refractivity contribution in [1.29, 1.82) is 0 Å². The molecule has 0 unspecified atom stereocenters. The van der Waals surface area contributed by atoms with Crippen molar-refractivity contribution in [3.8, 4) is 0 Å². The van der Waals surface area contributed by atoms with E-state index in [9.17, 15) is 21.6 Å². The zero-order chi connectivity index (χ0) is 24.2. The Morgan fingerprint density at radius 1 is 0.939 bits per heavy atom. The van der Waals surface area contributed by atoms with Gasteiger partial charge in [-0.2, -0.15) is 4.31 Å². The van der Waals surface area contributed by atoms with Crippen LogP contribution in [0.1, 0.15) is 18.1 Å². The molecule has 1 aliphatic heterocycles. The molecule has 0 saturated carbocycles. The number of anilines is 2. The van der Waals surface area contributed by atoms with E-state index in [0.717, 1.165) is 5.56 Å². The molecule has 0 atom stereocenters. The summed E-state index contributed by atoms with van der Waals surface area (Å²) in [6.07, 6.45) is 0. The molecule has 1 saturated heterocycles. The Kier molecular flexibility index (Phi) is 7.78. The molecule has 2 N–H and O–H groups in total. The molecule has 0 spiro atoms. The number of nitrogens with zero attached hydrogens (tertiary/aromatic N) is 2. The largest absolute Gasteiger partial charge is 0.325 e. The second-order valence-electron chi connectivity index (χ2n) is 8.08. The van der Waals surface area contributed by atoms with Crippen molar-refractivity contribution in [2.45, 2.75) is 25.7 Å². The molecule has 33 heavy (non-hydrogen) atoms. The van der Waals surface area contributed by atoms with Gasteiger partial charge in [-0.3, -0.25) is 14.4 Å². The molecular formula is C22H30N4O5S2. The van der Waals surface area contributed by atoms with E-state index in [2.05, 4.69) is 10.0 Å². The number of carbonyl (C=O) groups is 1. The molecule has 3 rings (SSSR count). The van der Waals surface area contributed by atoms with Gasteiger partial charge in [0.1, 0.15) is 0 Å². The van der Waals surface area contributed by atoms with Gasteiger partial charge < -0.3 is 5.32 Å². The highest BCUT2D eigenvalue weighted by atomic mass is 32.2. The number of nitrogens with one attached hydrogen (secondary N) is 2. The van der Waals surface area contributed by atoms with E-state index in [1.54, 1.807) is 56.3 Å². The van der Waals surface area contributed by atoms with E-state index in [0.29, 0.717) is 43.1 Å². The Balaban J connectivity index is 1.53. The van der Waals surface area contributed by atoms with Gasteiger partial charge in [-0.25, -0.2) is 16.8 Å². The summed E-state index contributed by atoms with van der Waals surface area (Å²) in [5.41, 5.74) is 2.73. The maximum absolute atomic E-state index is 12.8. The number of aryl methyl sites for hydroxylation is 2. The van der Waals surface area contributed by atoms with Gasteiger partial charge in [0.15, 0.2) is 0 Å². The van der Waals surface area contributed by atoms with Gasteiger partial charge in [-0.1, -0.05) is 17.7 Å². The Bertz CT molecular complexity index is 1200. The topological polar surface area (TPSA) is 116 Å². The minimum absolute atomic E-state index is 0.0233. The fraction of sp³-hybridized carbons (Fsp3) is 0.409. The molecule has 2 aromatic carbocycles. The second-order valence-corrected chi connectivity index (χ2v) is 12.0. The number of rotatable bonds is 8. The lowest BCUT2D eigenvalue weighted by Gasteiger charge is -2.33. The van der Waals surface area contributed by atoms with Crippen LogP contribution in [0.4, 0.5) is 11.4 Å². The molecule has 1 heterocycles. The number of hydrogen-bond donors (Lipinski definition) is 2. The quantitative estimate of drug-likeness (QED) is 0.580. The Morgan fingerprint density at radius 2 is 1.58 bits per heavy atom. The van der Waals surface area contributed by atoms with E-state index in [1.807, 2.05) is 11.8 Å². The molecule has 0 bridgehead atoms. The molecule has 1 fully saturated rings. The predicted octanol–water partition coefficient (Wildman–Crippen LogP) is 2.01. The molecule has 2 aromatic rings. The van der Waals surface area contributed by atoms with Gasteiger partial charge in [0.2, 0.25) is 26.0 Å². The van der Waals surface area contributed by atoms with Crippen molar-refractivity contribution in [3.05, 3.63) is 53.6 Å². The third-order valence-corrected chi connectivity index (χ3v) is 8.72. The Morgan fingerprint density at radius 3 is 2.15 bits per heavy atom. The van der Waals surface area contributed by atoms with Gasteiger partial charge in [0, 0.05) is 31.9 Å². The highest BCUT2D eigenvalue weighted by molar-refractivity contribution is 7.92. The monoisotopic (exact) mass is 494 g/mol. The van der Waals surface area contributed by atoms with Gasteiger partial charge in [0.25, 0.3) is 0 Å². The summed E-state index contributed by atoms with van der Waals surface area (Å²) < 4.78 is 53.1. The number of piperazine rings is 1. The SMILES string of the molecule is CCS(=O)(=O)Nc1ccc(NC(=O)CN2CCN(S(=O)(=O)c3ccc(C)cc3)CC2)cc1C. The Labute approximate surface area is 195 Å². The van der Waals surface area contributed by atoms with Gasteiger partial charge >= 0.3 is 0 Å². The van der Waals surface area contributed by atoms with Crippen LogP contribution < -0.4 is 10.0 Å². The lowest BCUT2D eigenvalue weighted by Crippen LogP contribution is -2.50. The normalized spacial score (nSPS) is 15.8. The van der Waals surface area contributed by atoms with Crippen LogP contribution in [0.5, 0.6) is 0 Å². The summed E-state index contributed by atoms with van der Waals surface area (Å²) in [7, 11) is -6.92. The maximum Gasteiger partial charge on any atom is 0.243 e. The summed E-state index contributed by atoms with van der Waals surface area (Å²) >= 11 is 0. The van der Waals surface area contributed by atoms with Gasteiger partial charge in [-0.15, -0.1) is 0 Å². The number of hydrogen-bond acceptors (Lipinski definition) is 6. The average molecular weight is 495 g/mol. The van der Waals surface area contributed by atoms with Gasteiger partial charge in [-0.05, 0) is 56.7 Å². The number of carbonyl (C=O) groups excluding carboxylic acids is 1. The zero-order valence-corrected chi connectivity index (χ0v) is 20.7. The summed E-state index contributed by atoms with van der Waals surface area (Å²) in [6, 6.07) is 11.8. The molecule has 180 valence electrons. The molecular weight excluding hydrogens is 464 g/mol. The minimum atomic E-state index is -3.55. The van der Waals surface area contributed by atoms with Crippen molar-refractivity contribution >= 4 is 37.3 Å². The first-order valence-electron chi connectivity index (χ1n) is 10.7. The second kappa shape index (κ2) is 10.2. The van der Waals surface area contributed by atoms with E-state index >= 15 is 0 Å². The van der Waals surface area contributed by atoms with Crippen LogP contribution in [0, 0.1) is 13.8 Å². The van der Waals surface area contributed by atoms with Crippen LogP contribution in [0.3, 0.4) is 0 Å². The zero-order valence-electron chi connectivity index (χ0n) is 19.0. The van der Waals surface area contributed by atoms with Crippen molar-refractivity contribution in [2.24, 2.45) is 0 Å². The minimum Gasteiger partial charge on any atom is -0.325 e. The van der Waals surface area contributed by atoms with E-state index < -0.39 is 20.0 Å². The van der Waals surface area contributed by atoms with Crippen LogP contribution >= 0.6 is 0 Å². The highest BCUT2D eigenvalue weighted by Gasteiger charge is 2.29. The third-order valence-electron chi connectivity index (χ3n) is 5.51. The molecule has 1 amide bonds. The smallest absolute Gasteiger partial charge is 0.243 e. The van der Waals surface area contributed by atoms with Crippen molar-refractivity contribution < 1.29 is 21.6 Å². The van der Waals surface area contributed by atoms with E-state index in [4.69, 9.17) is 0 Å². The van der Waals surface area contributed by atoms with Crippen LogP contribution in [0.2, 0.25) is 0 Å². The standard InChI is InChI=1S/C22H30N4O5S2/c1-4-32(28,29)24-21-10-7-19(15-18(21)3)23-22(27)16-25-11-13-26(14-12-25)33(30,31)20-8-5-17(2)6-9-20/h5-10,15,24H,4,11-14,16H2,1-3H3,(H,23,27). The van der Waals surface area contributed by atoms with Crippen LogP contribution in [-0.2, 0) is 24.8 Å². The molecule has 1 aliphatic rings. The predicted molar refractivity (Wildman–Crippen MR) is 129 cm³/mol. The van der Waals surface area contributed by atoms with Gasteiger partial charge in [0.05, 0.1) is 22.9 Å². The fourth-order valence-electron chi connectivity index (χ4n) is 3.49. The number of benzene rings is 2. The maximum atomic E-state index is 12.8. The molecule has 9 nitrogen and oxygen atoms in total. The lowest BCUT2D eigenvalue weighted by atomic mass is 10.2. The van der Waals surface area contributed by atoms with E-state index in [-0.39, 0.29) is 23.1 Å². The Hall–Kier alpha value is -2.47. The third kappa shape index (κ3) is 6.53. The molecule has 0 radical (unpaired) electrons. The average Bonchev–Trinajstić information content (AvgIpc) is 2.76. The van der Waals surface area contributed by atoms with Crippen molar-refractivity contribution in [2.75, 3.05) is 48.5 Å². The van der Waals surface area contributed by atoms with Crippen LogP contribution in [-0.4, -0.2) is 70.4 Å². The summed E-state index contributed by atoms with van der Waals surface area (Å²) in [6.45, 7) is 6.90. The fourth-order valence-corrected chi connectivity index (χ4v) is 5.62. The van der Waals surface area contributed by atoms with E-state index in [1.165, 1.54) is 4.31 Å². The molecule has 0 aromatic heterocycles. The number of sulfonamides is 2. The summed E-state index contributed by atoms with van der Waals surface area (Å²) in [5, 5.41) is 2.82. The summed E-state index contributed by atoms with van der Waals surface area (Å²) in [4.78, 5) is 14.7. The van der Waals surface area contributed by atoms with Crippen molar-refractivity contribution in [3.63, 3.8) is 0 Å². The first kappa shape index (κ1) is 25.2. The van der Waals surface area contributed by atoms with Crippen LogP contribution in [0.25, 0.3) is 0 Å². The lowest BCUT2D eigenvalue weighted by molar-refractivity contribution is -0.117. The first-order chi connectivity index (χ1) is 15.5. The number of amides is 1. The molecule has 0 aliphatic carbocycles.